The molecule has 1 aromatic heterocycles. The summed E-state index contributed by atoms with van der Waals surface area (Å²) in [5.74, 6) is -0.111. The average molecular weight is 607 g/mol. The highest BCUT2D eigenvalue weighted by Gasteiger charge is 2.37. The van der Waals surface area contributed by atoms with Crippen molar-refractivity contribution in [1.29, 1.82) is 10.5 Å². The molecule has 0 aliphatic heterocycles. The first-order valence-corrected chi connectivity index (χ1v) is 16.4. The molecule has 2 aliphatic rings. The standard InChI is InChI=1S/C43H30N2S/c1-5-6-14-37-25(2)29-18-19-34-36-22-27(16-20-38(36)46-42(34)41(29)43(37,3)4)30-13-9-10-28(24-45)39(30)40-32-12-8-7-11-31(32)35-21-26(23-44)15-17-33(35)40/h5-22,40H,1H2,2-4H3/b14-6-. The fourth-order valence-corrected chi connectivity index (χ4v) is 9.39. The van der Waals surface area contributed by atoms with Gasteiger partial charge in [-0.15, -0.1) is 11.3 Å². The van der Waals surface area contributed by atoms with Crippen LogP contribution in [0.15, 0.2) is 121 Å². The molecule has 0 radical (unpaired) electrons. The van der Waals surface area contributed by atoms with E-state index in [1.54, 1.807) is 0 Å². The predicted molar refractivity (Wildman–Crippen MR) is 192 cm³/mol. The maximum Gasteiger partial charge on any atom is 0.0995 e. The van der Waals surface area contributed by atoms with Crippen molar-refractivity contribution in [3.05, 3.63) is 160 Å². The smallest absolute Gasteiger partial charge is 0.0995 e. The van der Waals surface area contributed by atoms with Crippen molar-refractivity contribution in [3.63, 3.8) is 0 Å². The van der Waals surface area contributed by atoms with Crippen LogP contribution in [0, 0.1) is 22.7 Å². The molecule has 0 amide bonds. The zero-order valence-electron chi connectivity index (χ0n) is 26.0. The lowest BCUT2D eigenvalue weighted by Crippen LogP contribution is -2.16. The van der Waals surface area contributed by atoms with Gasteiger partial charge >= 0.3 is 0 Å². The molecule has 0 N–H and O–H groups in total. The molecule has 8 rings (SSSR count). The van der Waals surface area contributed by atoms with Crippen LogP contribution in [0.25, 0.3) is 48.0 Å². The van der Waals surface area contributed by atoms with E-state index in [1.807, 2.05) is 53.8 Å². The Hall–Kier alpha value is -5.48. The Morgan fingerprint density at radius 1 is 0.783 bits per heavy atom. The number of hydrogen-bond donors (Lipinski definition) is 0. The monoisotopic (exact) mass is 606 g/mol. The molecule has 0 saturated carbocycles. The van der Waals surface area contributed by atoms with Crippen LogP contribution in [0.3, 0.4) is 0 Å². The van der Waals surface area contributed by atoms with Crippen molar-refractivity contribution in [3.8, 4) is 34.4 Å². The van der Waals surface area contributed by atoms with E-state index in [-0.39, 0.29) is 11.3 Å². The molecule has 2 nitrogen and oxygen atoms in total. The molecule has 2 aliphatic carbocycles. The molecule has 5 aromatic carbocycles. The van der Waals surface area contributed by atoms with E-state index in [1.165, 1.54) is 48.0 Å². The third kappa shape index (κ3) is 3.86. The minimum absolute atomic E-state index is 0.111. The Labute approximate surface area is 273 Å². The topological polar surface area (TPSA) is 47.6 Å². The van der Waals surface area contributed by atoms with Crippen molar-refractivity contribution in [1.82, 2.24) is 0 Å². The maximum absolute atomic E-state index is 10.4. The average Bonchev–Trinajstić information content (AvgIpc) is 3.67. The Balaban J connectivity index is 1.34. The van der Waals surface area contributed by atoms with Gasteiger partial charge in [-0.25, -0.2) is 0 Å². The van der Waals surface area contributed by atoms with Crippen LogP contribution in [0.4, 0.5) is 0 Å². The number of thiophene rings is 1. The van der Waals surface area contributed by atoms with Gasteiger partial charge in [-0.05, 0) is 98.5 Å². The molecule has 6 aromatic rings. The lowest BCUT2D eigenvalue weighted by molar-refractivity contribution is 0.661. The second-order valence-corrected chi connectivity index (χ2v) is 13.8. The molecular formula is C43H30N2S. The van der Waals surface area contributed by atoms with Crippen LogP contribution in [-0.4, -0.2) is 0 Å². The van der Waals surface area contributed by atoms with Crippen LogP contribution in [0.5, 0.6) is 0 Å². The van der Waals surface area contributed by atoms with E-state index >= 15 is 0 Å². The summed E-state index contributed by atoms with van der Waals surface area (Å²) in [5.41, 5.74) is 14.3. The first-order valence-electron chi connectivity index (χ1n) is 15.5. The van der Waals surface area contributed by atoms with Gasteiger partial charge in [0.15, 0.2) is 0 Å². The largest absolute Gasteiger partial charge is 0.192 e. The second kappa shape index (κ2) is 10.3. The molecule has 0 spiro atoms. The highest BCUT2D eigenvalue weighted by Crippen LogP contribution is 2.54. The Kier molecular flexibility index (Phi) is 6.26. The van der Waals surface area contributed by atoms with Gasteiger partial charge in [-0.2, -0.15) is 10.5 Å². The van der Waals surface area contributed by atoms with E-state index in [0.717, 1.165) is 33.4 Å². The highest BCUT2D eigenvalue weighted by atomic mass is 32.1. The van der Waals surface area contributed by atoms with Crippen LogP contribution >= 0.6 is 11.3 Å². The van der Waals surface area contributed by atoms with E-state index < -0.39 is 0 Å². The SMILES string of the molecule is C=C/C=C\C1=C(C)c2ccc3c(sc4ccc(-c5cccc(C#N)c5C5c6ccccc6-c6cc(C#N)ccc65)cc43)c2C1(C)C. The number of allylic oxidation sites excluding steroid dienone is 5. The van der Waals surface area contributed by atoms with Crippen LogP contribution in [0.1, 0.15) is 65.6 Å². The van der Waals surface area contributed by atoms with E-state index in [0.29, 0.717) is 11.1 Å². The highest BCUT2D eigenvalue weighted by molar-refractivity contribution is 7.26. The summed E-state index contributed by atoms with van der Waals surface area (Å²) in [6.45, 7) is 10.8. The van der Waals surface area contributed by atoms with Gasteiger partial charge < -0.3 is 0 Å². The van der Waals surface area contributed by atoms with E-state index in [9.17, 15) is 10.5 Å². The fourth-order valence-electron chi connectivity index (χ4n) is 8.00. The van der Waals surface area contributed by atoms with Crippen molar-refractivity contribution in [2.75, 3.05) is 0 Å². The first kappa shape index (κ1) is 28.0. The second-order valence-electron chi connectivity index (χ2n) is 12.7. The lowest BCUT2D eigenvalue weighted by Gasteiger charge is -2.23. The maximum atomic E-state index is 10.4. The number of nitriles is 2. The van der Waals surface area contributed by atoms with Crippen molar-refractivity contribution < 1.29 is 0 Å². The Morgan fingerprint density at radius 2 is 1.59 bits per heavy atom. The Morgan fingerprint density at radius 3 is 2.39 bits per heavy atom. The molecule has 1 heterocycles. The number of rotatable bonds is 4. The molecule has 218 valence electrons. The van der Waals surface area contributed by atoms with Crippen LogP contribution in [-0.2, 0) is 5.41 Å². The van der Waals surface area contributed by atoms with Crippen LogP contribution in [0.2, 0.25) is 0 Å². The summed E-state index contributed by atoms with van der Waals surface area (Å²) in [4.78, 5) is 0. The van der Waals surface area contributed by atoms with Gasteiger partial charge in [0, 0.05) is 31.5 Å². The summed E-state index contributed by atoms with van der Waals surface area (Å²) < 4.78 is 2.60. The van der Waals surface area contributed by atoms with E-state index in [2.05, 4.69) is 106 Å². The quantitative estimate of drug-likeness (QED) is 0.187. The summed E-state index contributed by atoms with van der Waals surface area (Å²) in [6.07, 6.45) is 6.10. The fraction of sp³-hybridized carbons (Fsp3) is 0.116. The van der Waals surface area contributed by atoms with Crippen molar-refractivity contribution in [2.45, 2.75) is 32.1 Å². The minimum atomic E-state index is -0.120. The summed E-state index contributed by atoms with van der Waals surface area (Å²) >= 11 is 1.87. The molecule has 3 heteroatoms. The molecule has 0 saturated heterocycles. The summed E-state index contributed by atoms with van der Waals surface area (Å²) in [6, 6.07) is 36.6. The zero-order valence-corrected chi connectivity index (χ0v) is 26.8. The van der Waals surface area contributed by atoms with E-state index in [4.69, 9.17) is 0 Å². The molecular weight excluding hydrogens is 577 g/mol. The number of hydrogen-bond acceptors (Lipinski definition) is 3. The number of nitrogens with zero attached hydrogens (tertiary/aromatic N) is 2. The molecule has 1 unspecified atom stereocenters. The normalized spacial score (nSPS) is 16.0. The summed E-state index contributed by atoms with van der Waals surface area (Å²) in [5, 5.41) is 22.6. The predicted octanol–water partition coefficient (Wildman–Crippen LogP) is 11.4. The number of benzene rings is 5. The molecule has 0 fully saturated rings. The third-order valence-corrected chi connectivity index (χ3v) is 11.2. The molecule has 0 bridgehead atoms. The first-order chi connectivity index (χ1) is 22.4. The molecule has 46 heavy (non-hydrogen) atoms. The zero-order chi connectivity index (χ0) is 31.7. The minimum Gasteiger partial charge on any atom is -0.192 e. The van der Waals surface area contributed by atoms with Gasteiger partial charge in [-0.3, -0.25) is 0 Å². The Bertz CT molecular complexity index is 2450. The molecule has 1 atom stereocenters. The van der Waals surface area contributed by atoms with Gasteiger partial charge in [-0.1, -0.05) is 99.3 Å². The van der Waals surface area contributed by atoms with Crippen molar-refractivity contribution in [2.24, 2.45) is 0 Å². The van der Waals surface area contributed by atoms with Crippen LogP contribution < -0.4 is 0 Å². The number of fused-ring (bicyclic) bond motifs is 8. The third-order valence-electron chi connectivity index (χ3n) is 10.0. The summed E-state index contributed by atoms with van der Waals surface area (Å²) in [7, 11) is 0. The van der Waals surface area contributed by atoms with Gasteiger partial charge in [0.1, 0.15) is 0 Å². The van der Waals surface area contributed by atoms with Crippen molar-refractivity contribution >= 4 is 37.1 Å². The van der Waals surface area contributed by atoms with Gasteiger partial charge in [0.25, 0.3) is 0 Å². The van der Waals surface area contributed by atoms with Gasteiger partial charge in [0.05, 0.1) is 23.3 Å². The van der Waals surface area contributed by atoms with Gasteiger partial charge in [0.2, 0.25) is 0 Å². The lowest BCUT2D eigenvalue weighted by atomic mass is 9.80.